The fourth-order valence-corrected chi connectivity index (χ4v) is 2.91. The average molecular weight is 359 g/mol. The van der Waals surface area contributed by atoms with Crippen LogP contribution in [0.25, 0.3) is 6.08 Å². The Hall–Kier alpha value is -2.66. The molecule has 1 aliphatic heterocycles. The molecule has 0 spiro atoms. The van der Waals surface area contributed by atoms with Crippen LogP contribution in [0.4, 0.5) is 15.8 Å². The third-order valence-electron chi connectivity index (χ3n) is 3.90. The molecule has 0 unspecified atom stereocenters. The molecule has 0 bridgehead atoms. The fourth-order valence-electron chi connectivity index (χ4n) is 2.69. The summed E-state index contributed by atoms with van der Waals surface area (Å²) in [5.41, 5.74) is 1.48. The minimum Gasteiger partial charge on any atom is -0.322 e. The van der Waals surface area contributed by atoms with Crippen molar-refractivity contribution < 1.29 is 14.0 Å². The monoisotopic (exact) mass is 358 g/mol. The molecule has 1 N–H and O–H groups in total. The van der Waals surface area contributed by atoms with Gasteiger partial charge in [-0.15, -0.1) is 0 Å². The molecule has 2 aromatic rings. The first kappa shape index (κ1) is 17.2. The summed E-state index contributed by atoms with van der Waals surface area (Å²) in [4.78, 5) is 25.6. The van der Waals surface area contributed by atoms with E-state index in [9.17, 15) is 14.0 Å². The first-order valence-electron chi connectivity index (χ1n) is 7.88. The Balaban J connectivity index is 1.71. The predicted molar refractivity (Wildman–Crippen MR) is 97.1 cm³/mol. The molecule has 0 atom stereocenters. The maximum Gasteiger partial charge on any atom is 0.248 e. The Bertz CT molecular complexity index is 831. The maximum absolute atomic E-state index is 13.7. The molecule has 0 saturated carbocycles. The predicted octanol–water partition coefficient (Wildman–Crippen LogP) is 4.26. The average Bonchev–Trinajstić information content (AvgIpc) is 3.01. The van der Waals surface area contributed by atoms with Crippen LogP contribution >= 0.6 is 11.6 Å². The van der Waals surface area contributed by atoms with Crippen molar-refractivity contribution in [1.29, 1.82) is 0 Å². The van der Waals surface area contributed by atoms with E-state index in [0.29, 0.717) is 18.7 Å². The second kappa shape index (κ2) is 7.49. The molecule has 3 rings (SSSR count). The highest BCUT2D eigenvalue weighted by Gasteiger charge is 2.21. The van der Waals surface area contributed by atoms with Crippen molar-refractivity contribution in [1.82, 2.24) is 0 Å². The Morgan fingerprint density at radius 2 is 2.04 bits per heavy atom. The Kier molecular flexibility index (Phi) is 5.14. The van der Waals surface area contributed by atoms with Gasteiger partial charge in [0.25, 0.3) is 0 Å². The van der Waals surface area contributed by atoms with Crippen molar-refractivity contribution in [3.8, 4) is 0 Å². The number of nitrogens with zero attached hydrogens (tertiary/aromatic N) is 1. The normalized spacial score (nSPS) is 14.3. The summed E-state index contributed by atoms with van der Waals surface area (Å²) in [6, 6.07) is 11.4. The standard InChI is InChI=1S/C19H16ClFN2O2/c20-16-6-2-7-17(21)15(16)9-10-18(24)22-13-4-1-5-14(12-13)23-11-3-8-19(23)25/h1-2,4-7,9-10,12H,3,8,11H2,(H,22,24)/b10-9+. The molecule has 25 heavy (non-hydrogen) atoms. The lowest BCUT2D eigenvalue weighted by atomic mass is 10.2. The van der Waals surface area contributed by atoms with E-state index in [0.717, 1.165) is 12.1 Å². The van der Waals surface area contributed by atoms with E-state index in [1.807, 2.05) is 6.07 Å². The third kappa shape index (κ3) is 4.06. The van der Waals surface area contributed by atoms with Gasteiger partial charge in [0.15, 0.2) is 0 Å². The SMILES string of the molecule is O=C(/C=C/c1c(F)cccc1Cl)Nc1cccc(N2CCCC2=O)c1. The van der Waals surface area contributed by atoms with Gasteiger partial charge in [-0.1, -0.05) is 23.7 Å². The molecule has 0 aromatic heterocycles. The van der Waals surface area contributed by atoms with Crippen molar-refractivity contribution in [2.24, 2.45) is 0 Å². The molecule has 2 aromatic carbocycles. The van der Waals surface area contributed by atoms with Gasteiger partial charge < -0.3 is 10.2 Å². The van der Waals surface area contributed by atoms with Gasteiger partial charge in [0.2, 0.25) is 11.8 Å². The summed E-state index contributed by atoms with van der Waals surface area (Å²) in [5.74, 6) is -0.826. The molecule has 4 nitrogen and oxygen atoms in total. The minimum absolute atomic E-state index is 0.0811. The van der Waals surface area contributed by atoms with E-state index in [1.165, 1.54) is 24.3 Å². The van der Waals surface area contributed by atoms with Crippen LogP contribution in [-0.2, 0) is 9.59 Å². The van der Waals surface area contributed by atoms with E-state index in [-0.39, 0.29) is 16.5 Å². The van der Waals surface area contributed by atoms with Gasteiger partial charge >= 0.3 is 0 Å². The van der Waals surface area contributed by atoms with Crippen LogP contribution in [0.2, 0.25) is 5.02 Å². The summed E-state index contributed by atoms with van der Waals surface area (Å²) < 4.78 is 13.7. The molecule has 128 valence electrons. The number of halogens is 2. The first-order valence-corrected chi connectivity index (χ1v) is 8.26. The zero-order valence-electron chi connectivity index (χ0n) is 13.3. The molecule has 1 heterocycles. The number of anilines is 2. The van der Waals surface area contributed by atoms with Crippen molar-refractivity contribution >= 4 is 40.9 Å². The lowest BCUT2D eigenvalue weighted by Gasteiger charge is -2.16. The number of nitrogens with one attached hydrogen (secondary N) is 1. The van der Waals surface area contributed by atoms with Crippen molar-refractivity contribution in [3.63, 3.8) is 0 Å². The van der Waals surface area contributed by atoms with Crippen LogP contribution in [0.3, 0.4) is 0 Å². The highest BCUT2D eigenvalue weighted by atomic mass is 35.5. The molecular formula is C19H16ClFN2O2. The van der Waals surface area contributed by atoms with Gasteiger partial charge in [-0.25, -0.2) is 4.39 Å². The lowest BCUT2D eigenvalue weighted by Crippen LogP contribution is -2.23. The Morgan fingerprint density at radius 1 is 1.24 bits per heavy atom. The summed E-state index contributed by atoms with van der Waals surface area (Å²) in [6.07, 6.45) is 3.93. The number of carbonyl (C=O) groups excluding carboxylic acids is 2. The summed E-state index contributed by atoms with van der Waals surface area (Å²) in [5, 5.41) is 2.94. The molecular weight excluding hydrogens is 343 g/mol. The van der Waals surface area contributed by atoms with Crippen molar-refractivity contribution in [3.05, 3.63) is 64.9 Å². The lowest BCUT2D eigenvalue weighted by molar-refractivity contribution is -0.117. The summed E-state index contributed by atoms with van der Waals surface area (Å²) in [7, 11) is 0. The quantitative estimate of drug-likeness (QED) is 0.830. The minimum atomic E-state index is -0.494. The largest absolute Gasteiger partial charge is 0.322 e. The zero-order chi connectivity index (χ0) is 17.8. The van der Waals surface area contributed by atoms with Crippen LogP contribution in [-0.4, -0.2) is 18.4 Å². The molecule has 2 amide bonds. The Labute approximate surface area is 149 Å². The molecule has 0 radical (unpaired) electrons. The fraction of sp³-hybridized carbons (Fsp3) is 0.158. The number of amides is 2. The second-order valence-corrected chi connectivity index (χ2v) is 6.06. The van der Waals surface area contributed by atoms with E-state index in [4.69, 9.17) is 11.6 Å². The highest BCUT2D eigenvalue weighted by molar-refractivity contribution is 6.32. The van der Waals surface area contributed by atoms with Crippen LogP contribution in [0.15, 0.2) is 48.5 Å². The molecule has 6 heteroatoms. The second-order valence-electron chi connectivity index (χ2n) is 5.66. The zero-order valence-corrected chi connectivity index (χ0v) is 14.1. The summed E-state index contributed by atoms with van der Waals surface area (Å²) in [6.45, 7) is 0.682. The van der Waals surface area contributed by atoms with Crippen LogP contribution in [0.1, 0.15) is 18.4 Å². The number of carbonyl (C=O) groups is 2. The number of rotatable bonds is 4. The molecule has 1 fully saturated rings. The molecule has 0 aliphatic carbocycles. The molecule has 1 saturated heterocycles. The summed E-state index contributed by atoms with van der Waals surface area (Å²) >= 11 is 5.92. The van der Waals surface area contributed by atoms with Crippen molar-refractivity contribution in [2.45, 2.75) is 12.8 Å². The smallest absolute Gasteiger partial charge is 0.248 e. The van der Waals surface area contributed by atoms with E-state index >= 15 is 0 Å². The van der Waals surface area contributed by atoms with Gasteiger partial charge in [0, 0.05) is 36.0 Å². The van der Waals surface area contributed by atoms with Gasteiger partial charge in [-0.2, -0.15) is 0 Å². The number of benzene rings is 2. The van der Waals surface area contributed by atoms with Crippen molar-refractivity contribution in [2.75, 3.05) is 16.8 Å². The topological polar surface area (TPSA) is 49.4 Å². The third-order valence-corrected chi connectivity index (χ3v) is 4.23. The first-order chi connectivity index (χ1) is 12.0. The molecule has 1 aliphatic rings. The van der Waals surface area contributed by atoms with E-state index < -0.39 is 11.7 Å². The van der Waals surface area contributed by atoms with Gasteiger partial charge in [0.05, 0.1) is 5.02 Å². The van der Waals surface area contributed by atoms with Gasteiger partial charge in [-0.3, -0.25) is 9.59 Å². The van der Waals surface area contributed by atoms with E-state index in [2.05, 4.69) is 5.32 Å². The van der Waals surface area contributed by atoms with Gasteiger partial charge in [-0.05, 0) is 42.8 Å². The van der Waals surface area contributed by atoms with Crippen LogP contribution in [0, 0.1) is 5.82 Å². The van der Waals surface area contributed by atoms with Gasteiger partial charge in [0.1, 0.15) is 5.82 Å². The highest BCUT2D eigenvalue weighted by Crippen LogP contribution is 2.24. The van der Waals surface area contributed by atoms with Crippen LogP contribution < -0.4 is 10.2 Å². The van der Waals surface area contributed by atoms with Crippen LogP contribution in [0.5, 0.6) is 0 Å². The number of hydrogen-bond acceptors (Lipinski definition) is 2. The Morgan fingerprint density at radius 3 is 2.76 bits per heavy atom. The number of hydrogen-bond donors (Lipinski definition) is 1. The maximum atomic E-state index is 13.7. The van der Waals surface area contributed by atoms with E-state index in [1.54, 1.807) is 29.2 Å².